The molecule has 1 aromatic heterocycles. The third kappa shape index (κ3) is 1.07. The predicted octanol–water partition coefficient (Wildman–Crippen LogP) is 2.80. The molecule has 0 saturated heterocycles. The second-order valence-corrected chi connectivity index (χ2v) is 2.62. The number of rotatable bonds is 0. The summed E-state index contributed by atoms with van der Waals surface area (Å²) in [6.07, 6.45) is 1.61. The van der Waals surface area contributed by atoms with Crippen molar-refractivity contribution in [1.82, 2.24) is 0 Å². The SMILES string of the molecule is Brc1ccoc1Br. The van der Waals surface area contributed by atoms with Crippen LogP contribution in [0, 0.1) is 0 Å². The fraction of sp³-hybridized carbons (Fsp3) is 0. The zero-order valence-electron chi connectivity index (χ0n) is 3.32. The first-order valence-corrected chi connectivity index (χ1v) is 3.28. The molecule has 1 aromatic rings. The van der Waals surface area contributed by atoms with Crippen LogP contribution in [-0.4, -0.2) is 0 Å². The third-order valence-corrected chi connectivity index (χ3v) is 2.34. The Bertz CT molecular complexity index is 142. The van der Waals surface area contributed by atoms with Gasteiger partial charge in [-0.25, -0.2) is 0 Å². The van der Waals surface area contributed by atoms with Crippen molar-refractivity contribution in [2.75, 3.05) is 0 Å². The van der Waals surface area contributed by atoms with Crippen LogP contribution in [0.5, 0.6) is 0 Å². The van der Waals surface area contributed by atoms with Gasteiger partial charge in [-0.1, -0.05) is 0 Å². The Morgan fingerprint density at radius 3 is 2.29 bits per heavy atom. The summed E-state index contributed by atoms with van der Waals surface area (Å²) in [6.45, 7) is 0. The minimum Gasteiger partial charge on any atom is -0.456 e. The molecule has 0 radical (unpaired) electrons. The maximum absolute atomic E-state index is 4.83. The molecule has 1 heterocycles. The van der Waals surface area contributed by atoms with E-state index in [2.05, 4.69) is 31.9 Å². The Balaban J connectivity index is 3.12. The zero-order valence-corrected chi connectivity index (χ0v) is 6.49. The molecule has 0 aliphatic carbocycles. The fourth-order valence-electron chi connectivity index (χ4n) is 0.275. The van der Waals surface area contributed by atoms with Crippen molar-refractivity contribution in [3.63, 3.8) is 0 Å². The number of hydrogen-bond acceptors (Lipinski definition) is 1. The van der Waals surface area contributed by atoms with Crippen molar-refractivity contribution in [3.8, 4) is 0 Å². The lowest BCUT2D eigenvalue weighted by Crippen LogP contribution is -1.46. The van der Waals surface area contributed by atoms with Crippen LogP contribution in [0.4, 0.5) is 0 Å². The normalized spacial score (nSPS) is 9.43. The summed E-state index contributed by atoms with van der Waals surface area (Å²) >= 11 is 6.38. The average Bonchev–Trinajstić information content (AvgIpc) is 1.91. The molecule has 0 saturated carbocycles. The Labute approximate surface area is 58.0 Å². The highest BCUT2D eigenvalue weighted by molar-refractivity contribution is 9.13. The highest BCUT2D eigenvalue weighted by atomic mass is 79.9. The van der Waals surface area contributed by atoms with Crippen molar-refractivity contribution in [1.29, 1.82) is 0 Å². The van der Waals surface area contributed by atoms with Crippen LogP contribution in [0.1, 0.15) is 0 Å². The summed E-state index contributed by atoms with van der Waals surface area (Å²) in [5.41, 5.74) is 0. The third-order valence-electron chi connectivity index (χ3n) is 0.574. The van der Waals surface area contributed by atoms with Crippen molar-refractivity contribution in [2.24, 2.45) is 0 Å². The molecule has 0 aliphatic heterocycles. The van der Waals surface area contributed by atoms with Crippen LogP contribution in [0.15, 0.2) is 25.9 Å². The minimum absolute atomic E-state index is 0.743. The van der Waals surface area contributed by atoms with Gasteiger partial charge in [-0.05, 0) is 37.9 Å². The Morgan fingerprint density at radius 1 is 1.43 bits per heavy atom. The second kappa shape index (κ2) is 2.01. The maximum Gasteiger partial charge on any atom is 0.183 e. The van der Waals surface area contributed by atoms with Crippen molar-refractivity contribution in [3.05, 3.63) is 21.5 Å². The Hall–Kier alpha value is 0.240. The van der Waals surface area contributed by atoms with E-state index in [9.17, 15) is 0 Å². The number of hydrogen-bond donors (Lipinski definition) is 0. The summed E-state index contributed by atoms with van der Waals surface area (Å²) in [5, 5.41) is 0. The van der Waals surface area contributed by atoms with E-state index < -0.39 is 0 Å². The van der Waals surface area contributed by atoms with Crippen molar-refractivity contribution < 1.29 is 4.42 Å². The molecule has 38 valence electrons. The van der Waals surface area contributed by atoms with Gasteiger partial charge >= 0.3 is 0 Å². The molecule has 0 unspecified atom stereocenters. The summed E-state index contributed by atoms with van der Waals surface area (Å²) in [5.74, 6) is 0. The molecule has 1 rings (SSSR count). The average molecular weight is 226 g/mol. The minimum atomic E-state index is 0.743. The lowest BCUT2D eigenvalue weighted by molar-refractivity contribution is 0.539. The van der Waals surface area contributed by atoms with Gasteiger partial charge in [0, 0.05) is 0 Å². The maximum atomic E-state index is 4.83. The highest BCUT2D eigenvalue weighted by Gasteiger charge is 1.93. The fourth-order valence-corrected chi connectivity index (χ4v) is 0.717. The van der Waals surface area contributed by atoms with Gasteiger partial charge in [-0.15, -0.1) is 0 Å². The highest BCUT2D eigenvalue weighted by Crippen LogP contribution is 2.22. The van der Waals surface area contributed by atoms with Gasteiger partial charge in [0.1, 0.15) is 0 Å². The van der Waals surface area contributed by atoms with Gasteiger partial charge in [0.2, 0.25) is 0 Å². The van der Waals surface area contributed by atoms with Crippen LogP contribution in [0.25, 0.3) is 0 Å². The molecule has 0 aliphatic rings. The van der Waals surface area contributed by atoms with E-state index in [1.807, 2.05) is 6.07 Å². The lowest BCUT2D eigenvalue weighted by atomic mass is 10.7. The molecule has 0 amide bonds. The molecule has 0 spiro atoms. The van der Waals surface area contributed by atoms with E-state index in [0.717, 1.165) is 9.14 Å². The summed E-state index contributed by atoms with van der Waals surface area (Å²) in [7, 11) is 0. The van der Waals surface area contributed by atoms with Crippen LogP contribution >= 0.6 is 31.9 Å². The first-order valence-electron chi connectivity index (χ1n) is 1.69. The lowest BCUT2D eigenvalue weighted by Gasteiger charge is -1.74. The van der Waals surface area contributed by atoms with Gasteiger partial charge < -0.3 is 4.42 Å². The van der Waals surface area contributed by atoms with Gasteiger partial charge in [0.15, 0.2) is 4.67 Å². The monoisotopic (exact) mass is 224 g/mol. The van der Waals surface area contributed by atoms with Gasteiger partial charge in [-0.3, -0.25) is 0 Å². The van der Waals surface area contributed by atoms with Crippen LogP contribution in [0.3, 0.4) is 0 Å². The quantitative estimate of drug-likeness (QED) is 0.662. The Morgan fingerprint density at radius 2 is 2.14 bits per heavy atom. The topological polar surface area (TPSA) is 13.1 Å². The summed E-state index contributed by atoms with van der Waals surface area (Å²) in [6, 6.07) is 1.82. The molecule has 3 heteroatoms. The van der Waals surface area contributed by atoms with Crippen molar-refractivity contribution in [2.45, 2.75) is 0 Å². The van der Waals surface area contributed by atoms with E-state index >= 15 is 0 Å². The molecule has 1 nitrogen and oxygen atoms in total. The molecule has 0 bridgehead atoms. The molecular weight excluding hydrogens is 224 g/mol. The van der Waals surface area contributed by atoms with Gasteiger partial charge in [0.05, 0.1) is 10.7 Å². The molecule has 7 heavy (non-hydrogen) atoms. The summed E-state index contributed by atoms with van der Waals surface area (Å²) in [4.78, 5) is 0. The largest absolute Gasteiger partial charge is 0.456 e. The number of halogens is 2. The van der Waals surface area contributed by atoms with Gasteiger partial charge in [0.25, 0.3) is 0 Å². The Kier molecular flexibility index (Phi) is 1.54. The van der Waals surface area contributed by atoms with Gasteiger partial charge in [-0.2, -0.15) is 0 Å². The van der Waals surface area contributed by atoms with E-state index in [0.29, 0.717) is 0 Å². The number of furan rings is 1. The van der Waals surface area contributed by atoms with E-state index in [4.69, 9.17) is 4.42 Å². The summed E-state index contributed by atoms with van der Waals surface area (Å²) < 4.78 is 6.53. The first kappa shape index (κ1) is 5.38. The molecule has 0 N–H and O–H groups in total. The van der Waals surface area contributed by atoms with Crippen LogP contribution in [-0.2, 0) is 0 Å². The van der Waals surface area contributed by atoms with Crippen LogP contribution in [0.2, 0.25) is 0 Å². The predicted molar refractivity (Wildman–Crippen MR) is 34.1 cm³/mol. The first-order chi connectivity index (χ1) is 3.30. The smallest absolute Gasteiger partial charge is 0.183 e. The van der Waals surface area contributed by atoms with E-state index in [1.165, 1.54) is 0 Å². The van der Waals surface area contributed by atoms with E-state index in [1.54, 1.807) is 6.26 Å². The molecule has 0 aromatic carbocycles. The standard InChI is InChI=1S/C4H2Br2O/c5-3-1-2-7-4(3)6/h1-2H. The molecule has 0 atom stereocenters. The molecular formula is C4H2Br2O. The zero-order chi connectivity index (χ0) is 5.28. The van der Waals surface area contributed by atoms with Crippen molar-refractivity contribution >= 4 is 31.9 Å². The molecule has 0 fully saturated rings. The van der Waals surface area contributed by atoms with E-state index in [-0.39, 0.29) is 0 Å². The second-order valence-electron chi connectivity index (χ2n) is 1.04. The van der Waals surface area contributed by atoms with Crippen LogP contribution < -0.4 is 0 Å².